The summed E-state index contributed by atoms with van der Waals surface area (Å²) in [6.07, 6.45) is 11.8. The van der Waals surface area contributed by atoms with E-state index in [0.717, 1.165) is 48.4 Å². The molecule has 0 amide bonds. The number of rotatable bonds is 7. The van der Waals surface area contributed by atoms with Crippen molar-refractivity contribution in [1.82, 2.24) is 4.98 Å². The zero-order valence-corrected chi connectivity index (χ0v) is 15.0. The molecule has 2 aliphatic rings. The number of nitrogens with zero attached hydrogens (tertiary/aromatic N) is 2. The van der Waals surface area contributed by atoms with E-state index in [-0.39, 0.29) is 0 Å². The number of aliphatic imine (C=N–C) groups is 2. The van der Waals surface area contributed by atoms with Crippen LogP contribution in [0.3, 0.4) is 0 Å². The molecule has 0 spiro atoms. The normalized spacial score (nSPS) is 24.2. The summed E-state index contributed by atoms with van der Waals surface area (Å²) in [5.41, 5.74) is 3.04. The Balaban J connectivity index is 1.83. The smallest absolute Gasteiger partial charge is 0.176 e. The van der Waals surface area contributed by atoms with Gasteiger partial charge in [0, 0.05) is 12.3 Å². The first-order chi connectivity index (χ1) is 12.0. The van der Waals surface area contributed by atoms with Crippen molar-refractivity contribution in [2.75, 3.05) is 7.11 Å². The minimum Gasteiger partial charge on any atom is -0.494 e. The van der Waals surface area contributed by atoms with E-state index in [4.69, 9.17) is 4.74 Å². The lowest BCUT2D eigenvalue weighted by Crippen LogP contribution is -2.21. The molecule has 5 heteroatoms. The van der Waals surface area contributed by atoms with Gasteiger partial charge in [0.15, 0.2) is 5.72 Å². The van der Waals surface area contributed by atoms with E-state index in [2.05, 4.69) is 21.9 Å². The van der Waals surface area contributed by atoms with E-state index in [0.29, 0.717) is 11.5 Å². The summed E-state index contributed by atoms with van der Waals surface area (Å²) in [5, 5.41) is 10.6. The first-order valence-corrected chi connectivity index (χ1v) is 8.77. The Morgan fingerprint density at radius 2 is 2.16 bits per heavy atom. The highest BCUT2D eigenvalue weighted by Gasteiger charge is 2.30. The van der Waals surface area contributed by atoms with Gasteiger partial charge in [-0.1, -0.05) is 19.8 Å². The zero-order chi connectivity index (χ0) is 17.9. The summed E-state index contributed by atoms with van der Waals surface area (Å²) in [4.78, 5) is 12.2. The molecule has 0 saturated carbocycles. The highest BCUT2D eigenvalue weighted by molar-refractivity contribution is 6.12. The van der Waals surface area contributed by atoms with Gasteiger partial charge in [-0.05, 0) is 49.6 Å². The molecule has 0 saturated heterocycles. The summed E-state index contributed by atoms with van der Waals surface area (Å²) >= 11 is 0. The largest absolute Gasteiger partial charge is 0.494 e. The molecule has 2 N–H and O–H groups in total. The van der Waals surface area contributed by atoms with Crippen LogP contribution in [0.4, 0.5) is 0 Å². The number of nitrogens with one attached hydrogen (secondary N) is 1. The van der Waals surface area contributed by atoms with Crippen LogP contribution in [0.1, 0.15) is 45.2 Å². The van der Waals surface area contributed by atoms with Gasteiger partial charge in [-0.3, -0.25) is 0 Å². The van der Waals surface area contributed by atoms with Crippen LogP contribution in [0.2, 0.25) is 0 Å². The number of unbranched alkanes of at least 4 members (excludes halogenated alkanes) is 2. The first kappa shape index (κ1) is 17.4. The first-order valence-electron chi connectivity index (χ1n) is 8.77. The Bertz CT molecular complexity index is 778. The van der Waals surface area contributed by atoms with E-state index in [1.165, 1.54) is 0 Å². The number of H-pyrrole nitrogens is 1. The van der Waals surface area contributed by atoms with E-state index in [1.807, 2.05) is 36.6 Å². The molecule has 5 nitrogen and oxygen atoms in total. The average molecular weight is 339 g/mol. The fraction of sp³-hybridized carbons (Fsp3) is 0.400. The van der Waals surface area contributed by atoms with Crippen molar-refractivity contribution in [2.45, 2.75) is 45.3 Å². The third-order valence-electron chi connectivity index (χ3n) is 4.47. The topological polar surface area (TPSA) is 70.0 Å². The predicted octanol–water partition coefficient (Wildman–Crippen LogP) is 3.90. The van der Waals surface area contributed by atoms with Gasteiger partial charge >= 0.3 is 0 Å². The summed E-state index contributed by atoms with van der Waals surface area (Å²) in [6, 6.07) is 3.90. The minimum atomic E-state index is -1.12. The number of ether oxygens (including phenoxy) is 1. The molecule has 1 aromatic rings. The monoisotopic (exact) mass is 339 g/mol. The maximum Gasteiger partial charge on any atom is 0.176 e. The number of aromatic amines is 1. The third kappa shape index (κ3) is 3.82. The van der Waals surface area contributed by atoms with Gasteiger partial charge in [0.1, 0.15) is 11.5 Å². The molecule has 0 aromatic carbocycles. The third-order valence-corrected chi connectivity index (χ3v) is 4.47. The molecule has 0 radical (unpaired) electrons. The van der Waals surface area contributed by atoms with E-state index in [9.17, 15) is 5.11 Å². The summed E-state index contributed by atoms with van der Waals surface area (Å²) in [5.74, 6) is 0.694. The highest BCUT2D eigenvalue weighted by atomic mass is 16.5. The van der Waals surface area contributed by atoms with E-state index >= 15 is 0 Å². The molecule has 0 bridgehead atoms. The molecule has 0 aliphatic carbocycles. The molecule has 1 aromatic heterocycles. The van der Waals surface area contributed by atoms with Gasteiger partial charge in [-0.2, -0.15) is 0 Å². The minimum absolute atomic E-state index is 0.694. The van der Waals surface area contributed by atoms with Crippen LogP contribution in [0, 0.1) is 0 Å². The molecule has 3 heterocycles. The lowest BCUT2D eigenvalue weighted by atomic mass is 10.00. The van der Waals surface area contributed by atoms with Crippen LogP contribution in [-0.2, 0) is 4.74 Å². The van der Waals surface area contributed by atoms with E-state index < -0.39 is 5.72 Å². The molecule has 25 heavy (non-hydrogen) atoms. The number of aromatic nitrogens is 1. The van der Waals surface area contributed by atoms with Gasteiger partial charge in [-0.15, -0.1) is 0 Å². The van der Waals surface area contributed by atoms with Gasteiger partial charge in [0.05, 0.1) is 24.2 Å². The van der Waals surface area contributed by atoms with Crippen LogP contribution in [0.25, 0.3) is 0 Å². The second-order valence-electron chi connectivity index (χ2n) is 6.51. The molecule has 2 aliphatic heterocycles. The zero-order valence-electron chi connectivity index (χ0n) is 15.0. The standard InChI is InChI=1S/C20H25N3O2/c1-4-5-6-8-14-11-15(23-20(14,2)24)12-18-19(25-3)13-17(22-18)16-9-7-10-21-16/h7,9-13,21,24H,4-6,8H2,1-3H3. The molecular weight excluding hydrogens is 314 g/mol. The lowest BCUT2D eigenvalue weighted by Gasteiger charge is -2.17. The Hall–Kier alpha value is -2.40. The number of aliphatic hydroxyl groups is 1. The molecule has 3 rings (SSSR count). The van der Waals surface area contributed by atoms with Crippen LogP contribution in [0.5, 0.6) is 0 Å². The van der Waals surface area contributed by atoms with Crippen LogP contribution in [-0.4, -0.2) is 34.3 Å². The van der Waals surface area contributed by atoms with Crippen molar-refractivity contribution in [2.24, 2.45) is 9.98 Å². The summed E-state index contributed by atoms with van der Waals surface area (Å²) in [7, 11) is 1.63. The van der Waals surface area contributed by atoms with Crippen LogP contribution in [0.15, 0.2) is 63.6 Å². The van der Waals surface area contributed by atoms with Crippen molar-refractivity contribution in [1.29, 1.82) is 0 Å². The Morgan fingerprint density at radius 1 is 1.32 bits per heavy atom. The van der Waals surface area contributed by atoms with Gasteiger partial charge in [0.2, 0.25) is 0 Å². The number of hydrogen-bond donors (Lipinski definition) is 2. The van der Waals surface area contributed by atoms with Crippen molar-refractivity contribution < 1.29 is 9.84 Å². The Labute approximate surface area is 148 Å². The number of methoxy groups -OCH3 is 1. The second-order valence-corrected chi connectivity index (χ2v) is 6.51. The van der Waals surface area contributed by atoms with Crippen molar-refractivity contribution in [3.05, 3.63) is 59.3 Å². The summed E-state index contributed by atoms with van der Waals surface area (Å²) in [6.45, 7) is 3.91. The van der Waals surface area contributed by atoms with Crippen molar-refractivity contribution >= 4 is 11.4 Å². The molecule has 132 valence electrons. The Kier molecular flexibility index (Phi) is 5.04. The maximum absolute atomic E-state index is 10.6. The van der Waals surface area contributed by atoms with Crippen LogP contribution >= 0.6 is 0 Å². The maximum atomic E-state index is 10.6. The fourth-order valence-corrected chi connectivity index (χ4v) is 3.07. The molecule has 0 fully saturated rings. The van der Waals surface area contributed by atoms with Crippen molar-refractivity contribution in [3.8, 4) is 0 Å². The van der Waals surface area contributed by atoms with Gasteiger partial charge in [0.25, 0.3) is 0 Å². The van der Waals surface area contributed by atoms with Crippen molar-refractivity contribution in [3.63, 3.8) is 0 Å². The Morgan fingerprint density at radius 3 is 2.84 bits per heavy atom. The molecular formula is C20H25N3O2. The predicted molar refractivity (Wildman–Crippen MR) is 101 cm³/mol. The highest BCUT2D eigenvalue weighted by Crippen LogP contribution is 2.30. The van der Waals surface area contributed by atoms with Gasteiger partial charge < -0.3 is 14.8 Å². The van der Waals surface area contributed by atoms with Crippen LogP contribution < -0.4 is 0 Å². The van der Waals surface area contributed by atoms with E-state index in [1.54, 1.807) is 14.0 Å². The summed E-state index contributed by atoms with van der Waals surface area (Å²) < 4.78 is 5.45. The number of allylic oxidation sites excluding steroid dienone is 3. The SMILES string of the molecule is CCCCCC1=CC(C=C2N=C(c3ccc[nH]3)C=C2OC)=NC1(C)O. The lowest BCUT2D eigenvalue weighted by molar-refractivity contribution is 0.108. The number of hydrogen-bond acceptors (Lipinski definition) is 4. The second kappa shape index (κ2) is 7.23. The quantitative estimate of drug-likeness (QED) is 0.740. The molecule has 1 atom stereocenters. The molecule has 1 unspecified atom stereocenters. The fourth-order valence-electron chi connectivity index (χ4n) is 3.07. The van der Waals surface area contributed by atoms with Gasteiger partial charge in [-0.25, -0.2) is 9.98 Å². The average Bonchev–Trinajstić information content (AvgIpc) is 3.27.